The zero-order valence-electron chi connectivity index (χ0n) is 18.6. The van der Waals surface area contributed by atoms with Crippen molar-refractivity contribution in [3.63, 3.8) is 0 Å². The van der Waals surface area contributed by atoms with Crippen LogP contribution in [0.2, 0.25) is 0 Å². The van der Waals surface area contributed by atoms with Crippen molar-refractivity contribution in [1.82, 2.24) is 19.4 Å². The average Bonchev–Trinajstić information content (AvgIpc) is 3.16. The van der Waals surface area contributed by atoms with Crippen LogP contribution in [0.1, 0.15) is 25.1 Å². The minimum absolute atomic E-state index is 0.00741. The highest BCUT2D eigenvalue weighted by Gasteiger charge is 2.30. The first-order chi connectivity index (χ1) is 16.2. The third-order valence-corrected chi connectivity index (χ3v) is 6.11. The first-order valence-corrected chi connectivity index (χ1v) is 11.3. The molecule has 1 unspecified atom stereocenters. The lowest BCUT2D eigenvalue weighted by Gasteiger charge is -2.34. The molecule has 2 aromatic carbocycles. The van der Waals surface area contributed by atoms with E-state index in [0.717, 1.165) is 48.4 Å². The molecule has 4 aromatic rings. The highest BCUT2D eigenvalue weighted by molar-refractivity contribution is 5.94. The number of pyridine rings is 1. The molecule has 1 fully saturated rings. The van der Waals surface area contributed by atoms with Crippen LogP contribution in [-0.2, 0) is 18.4 Å². The maximum atomic E-state index is 13.2. The maximum Gasteiger partial charge on any atom is 0.241 e. The Bertz CT molecular complexity index is 1240. The van der Waals surface area contributed by atoms with Crippen LogP contribution >= 0.6 is 0 Å². The Morgan fingerprint density at radius 1 is 1.06 bits per heavy atom. The SMILES string of the molecule is Cn1c(CN2CCCCC2C(=O)Nc2ccc(Oc3ccccc3)nc2)nc2ccccc21. The molecule has 33 heavy (non-hydrogen) atoms. The molecule has 5 rings (SSSR count). The number of ether oxygens (including phenoxy) is 1. The number of hydrogen-bond acceptors (Lipinski definition) is 5. The predicted octanol–water partition coefficient (Wildman–Crippen LogP) is 4.75. The minimum Gasteiger partial charge on any atom is -0.439 e. The van der Waals surface area contributed by atoms with Crippen molar-refractivity contribution in [3.05, 3.63) is 78.8 Å². The molecule has 7 heteroatoms. The van der Waals surface area contributed by atoms with E-state index >= 15 is 0 Å². The summed E-state index contributed by atoms with van der Waals surface area (Å²) < 4.78 is 7.85. The molecule has 1 atom stereocenters. The number of amides is 1. The molecule has 1 aliphatic heterocycles. The molecular formula is C26H27N5O2. The Labute approximate surface area is 193 Å². The quantitative estimate of drug-likeness (QED) is 0.467. The fraction of sp³-hybridized carbons (Fsp3) is 0.269. The van der Waals surface area contributed by atoms with E-state index in [9.17, 15) is 4.79 Å². The van der Waals surface area contributed by atoms with Gasteiger partial charge < -0.3 is 14.6 Å². The van der Waals surface area contributed by atoms with Crippen LogP contribution in [0.4, 0.5) is 5.69 Å². The number of nitrogens with zero attached hydrogens (tertiary/aromatic N) is 4. The summed E-state index contributed by atoms with van der Waals surface area (Å²) in [6, 6.07) is 21.0. The second-order valence-electron chi connectivity index (χ2n) is 8.35. The Morgan fingerprint density at radius 3 is 2.67 bits per heavy atom. The standard InChI is InChI=1S/C26H27N5O2/c1-30-22-12-6-5-11-21(22)29-24(30)18-31-16-8-7-13-23(31)26(32)28-19-14-15-25(27-17-19)33-20-9-3-2-4-10-20/h2-6,9-12,14-15,17,23H,7-8,13,16,18H2,1H3,(H,28,32). The summed E-state index contributed by atoms with van der Waals surface area (Å²) in [7, 11) is 2.04. The summed E-state index contributed by atoms with van der Waals surface area (Å²) in [6.07, 6.45) is 4.59. The molecule has 1 aliphatic rings. The van der Waals surface area contributed by atoms with Crippen LogP contribution in [0.15, 0.2) is 72.9 Å². The molecule has 1 N–H and O–H groups in total. The summed E-state index contributed by atoms with van der Waals surface area (Å²) in [5.74, 6) is 2.17. The summed E-state index contributed by atoms with van der Waals surface area (Å²) in [4.78, 5) is 24.5. The van der Waals surface area contributed by atoms with Gasteiger partial charge in [0.05, 0.1) is 35.5 Å². The molecule has 0 spiro atoms. The van der Waals surface area contributed by atoms with Gasteiger partial charge in [0.15, 0.2) is 0 Å². The first-order valence-electron chi connectivity index (χ1n) is 11.3. The van der Waals surface area contributed by atoms with Gasteiger partial charge in [-0.3, -0.25) is 9.69 Å². The van der Waals surface area contributed by atoms with Crippen LogP contribution in [0.3, 0.4) is 0 Å². The van der Waals surface area contributed by atoms with E-state index in [4.69, 9.17) is 9.72 Å². The molecular weight excluding hydrogens is 414 g/mol. The van der Waals surface area contributed by atoms with E-state index in [0.29, 0.717) is 18.1 Å². The Balaban J connectivity index is 1.26. The van der Waals surface area contributed by atoms with Crippen molar-refractivity contribution >= 4 is 22.6 Å². The third kappa shape index (κ3) is 4.73. The van der Waals surface area contributed by atoms with Crippen LogP contribution < -0.4 is 10.1 Å². The first kappa shape index (κ1) is 21.2. The minimum atomic E-state index is -0.196. The summed E-state index contributed by atoms with van der Waals surface area (Å²) in [6.45, 7) is 1.52. The highest BCUT2D eigenvalue weighted by atomic mass is 16.5. The number of fused-ring (bicyclic) bond motifs is 1. The van der Waals surface area contributed by atoms with Gasteiger partial charge in [0.1, 0.15) is 11.6 Å². The fourth-order valence-electron chi connectivity index (χ4n) is 4.35. The normalized spacial score (nSPS) is 16.6. The molecule has 168 valence electrons. The van der Waals surface area contributed by atoms with E-state index in [2.05, 4.69) is 25.8 Å². The topological polar surface area (TPSA) is 72.3 Å². The molecule has 3 heterocycles. The number of aryl methyl sites for hydroxylation is 1. The zero-order valence-corrected chi connectivity index (χ0v) is 18.6. The maximum absolute atomic E-state index is 13.2. The predicted molar refractivity (Wildman–Crippen MR) is 128 cm³/mol. The lowest BCUT2D eigenvalue weighted by molar-refractivity contribution is -0.122. The van der Waals surface area contributed by atoms with Crippen LogP contribution in [0.25, 0.3) is 11.0 Å². The van der Waals surface area contributed by atoms with E-state index < -0.39 is 0 Å². The lowest BCUT2D eigenvalue weighted by Crippen LogP contribution is -2.46. The molecule has 1 saturated heterocycles. The number of benzene rings is 2. The highest BCUT2D eigenvalue weighted by Crippen LogP contribution is 2.24. The van der Waals surface area contributed by atoms with Crippen LogP contribution in [0, 0.1) is 0 Å². The van der Waals surface area contributed by atoms with Crippen molar-refractivity contribution in [2.45, 2.75) is 31.8 Å². The monoisotopic (exact) mass is 441 g/mol. The third-order valence-electron chi connectivity index (χ3n) is 6.11. The lowest BCUT2D eigenvalue weighted by atomic mass is 10.0. The number of aromatic nitrogens is 3. The second kappa shape index (κ2) is 9.42. The molecule has 0 aliphatic carbocycles. The number of rotatable bonds is 6. The van der Waals surface area contributed by atoms with E-state index in [1.165, 1.54) is 0 Å². The number of nitrogens with one attached hydrogen (secondary N) is 1. The van der Waals surface area contributed by atoms with Crippen molar-refractivity contribution < 1.29 is 9.53 Å². The number of anilines is 1. The number of carbonyl (C=O) groups is 1. The molecule has 0 bridgehead atoms. The second-order valence-corrected chi connectivity index (χ2v) is 8.35. The Kier molecular flexibility index (Phi) is 6.04. The number of likely N-dealkylation sites (tertiary alicyclic amines) is 1. The molecule has 0 saturated carbocycles. The molecule has 7 nitrogen and oxygen atoms in total. The van der Waals surface area contributed by atoms with Gasteiger partial charge in [0, 0.05) is 13.1 Å². The number of para-hydroxylation sites is 3. The zero-order chi connectivity index (χ0) is 22.6. The van der Waals surface area contributed by atoms with E-state index in [1.54, 1.807) is 12.3 Å². The van der Waals surface area contributed by atoms with Crippen LogP contribution in [-0.4, -0.2) is 37.9 Å². The van der Waals surface area contributed by atoms with Gasteiger partial charge in [-0.05, 0) is 49.7 Å². The van der Waals surface area contributed by atoms with Crippen molar-refractivity contribution in [3.8, 4) is 11.6 Å². The average molecular weight is 442 g/mol. The van der Waals surface area contributed by atoms with Crippen molar-refractivity contribution in [2.75, 3.05) is 11.9 Å². The molecule has 2 aromatic heterocycles. The number of hydrogen-bond donors (Lipinski definition) is 1. The fourth-order valence-corrected chi connectivity index (χ4v) is 4.35. The summed E-state index contributed by atoms with van der Waals surface area (Å²) in [5, 5.41) is 3.03. The van der Waals surface area contributed by atoms with Gasteiger partial charge in [-0.1, -0.05) is 36.8 Å². The van der Waals surface area contributed by atoms with Crippen molar-refractivity contribution in [1.29, 1.82) is 0 Å². The van der Waals surface area contributed by atoms with Crippen LogP contribution in [0.5, 0.6) is 11.6 Å². The van der Waals surface area contributed by atoms with E-state index in [-0.39, 0.29) is 11.9 Å². The van der Waals surface area contributed by atoms with Gasteiger partial charge in [-0.15, -0.1) is 0 Å². The number of carbonyl (C=O) groups excluding carboxylic acids is 1. The summed E-state index contributed by atoms with van der Waals surface area (Å²) >= 11 is 0. The van der Waals surface area contributed by atoms with Crippen molar-refractivity contribution in [2.24, 2.45) is 7.05 Å². The van der Waals surface area contributed by atoms with Gasteiger partial charge in [-0.2, -0.15) is 0 Å². The summed E-state index contributed by atoms with van der Waals surface area (Å²) in [5.41, 5.74) is 2.75. The number of imidazole rings is 1. The number of piperidine rings is 1. The Morgan fingerprint density at radius 2 is 1.88 bits per heavy atom. The van der Waals surface area contributed by atoms with Gasteiger partial charge in [0.2, 0.25) is 11.8 Å². The van der Waals surface area contributed by atoms with Gasteiger partial charge >= 0.3 is 0 Å². The van der Waals surface area contributed by atoms with Gasteiger partial charge in [-0.25, -0.2) is 9.97 Å². The molecule has 0 radical (unpaired) electrons. The molecule has 1 amide bonds. The van der Waals surface area contributed by atoms with Gasteiger partial charge in [0.25, 0.3) is 0 Å². The smallest absolute Gasteiger partial charge is 0.241 e. The Hall–Kier alpha value is -3.71. The largest absolute Gasteiger partial charge is 0.439 e. The van der Waals surface area contributed by atoms with E-state index in [1.807, 2.05) is 61.6 Å².